The third-order valence-corrected chi connectivity index (χ3v) is 7.82. The molecule has 2 aliphatic heterocycles. The molecule has 0 amide bonds. The molecule has 6 heteroatoms. The highest BCUT2D eigenvalue weighted by atomic mass is 32.2. The van der Waals surface area contributed by atoms with Crippen LogP contribution in [0.2, 0.25) is 0 Å². The van der Waals surface area contributed by atoms with Gasteiger partial charge in [0.05, 0.1) is 11.4 Å². The molecule has 0 bridgehead atoms. The van der Waals surface area contributed by atoms with Crippen molar-refractivity contribution in [2.75, 3.05) is 43.1 Å². The first kappa shape index (κ1) is 30.1. The van der Waals surface area contributed by atoms with E-state index in [0.717, 1.165) is 62.0 Å². The Morgan fingerprint density at radius 2 is 1.66 bits per heavy atom. The number of fused-ring (bicyclic) bond motifs is 3. The summed E-state index contributed by atoms with van der Waals surface area (Å²) in [5, 5.41) is 0. The molecule has 5 rings (SSSR count). The minimum Gasteiger partial charge on any atom is -0.483 e. The van der Waals surface area contributed by atoms with E-state index in [1.807, 2.05) is 39.5 Å². The molecule has 38 heavy (non-hydrogen) atoms. The lowest BCUT2D eigenvalue weighted by Gasteiger charge is -2.38. The summed E-state index contributed by atoms with van der Waals surface area (Å²) >= 11 is 1.89. The van der Waals surface area contributed by atoms with E-state index in [9.17, 15) is 0 Å². The highest BCUT2D eigenvalue weighted by Gasteiger charge is 2.22. The smallest absolute Gasteiger partial charge is 0.151 e. The molecular formula is C32H48N4OS. The van der Waals surface area contributed by atoms with Crippen LogP contribution in [0.5, 0.6) is 5.75 Å². The van der Waals surface area contributed by atoms with Crippen LogP contribution in [0.3, 0.4) is 0 Å². The Bertz CT molecular complexity index is 1130. The lowest BCUT2D eigenvalue weighted by atomic mass is 9.98. The van der Waals surface area contributed by atoms with E-state index in [-0.39, 0.29) is 0 Å². The van der Waals surface area contributed by atoms with Gasteiger partial charge in [-0.3, -0.25) is 9.47 Å². The van der Waals surface area contributed by atoms with Gasteiger partial charge in [0.2, 0.25) is 0 Å². The second-order valence-electron chi connectivity index (χ2n) is 9.70. The highest BCUT2D eigenvalue weighted by Crippen LogP contribution is 2.37. The second kappa shape index (κ2) is 14.6. The maximum atomic E-state index is 6.15. The first-order valence-electron chi connectivity index (χ1n) is 14.5. The van der Waals surface area contributed by atoms with Gasteiger partial charge in [-0.15, -0.1) is 0 Å². The minimum absolute atomic E-state index is 0.527. The number of aryl methyl sites for hydroxylation is 2. The molecule has 0 saturated carbocycles. The largest absolute Gasteiger partial charge is 0.483 e. The van der Waals surface area contributed by atoms with Gasteiger partial charge < -0.3 is 9.64 Å². The third-order valence-electron chi connectivity index (χ3n) is 7.12. The molecule has 3 heterocycles. The van der Waals surface area contributed by atoms with Crippen LogP contribution in [-0.4, -0.2) is 58.7 Å². The van der Waals surface area contributed by atoms with Gasteiger partial charge >= 0.3 is 0 Å². The van der Waals surface area contributed by atoms with Gasteiger partial charge in [0.1, 0.15) is 12.4 Å². The van der Waals surface area contributed by atoms with Crippen LogP contribution in [0.25, 0.3) is 16.8 Å². The molecule has 2 aromatic carbocycles. The van der Waals surface area contributed by atoms with Gasteiger partial charge in [-0.1, -0.05) is 39.8 Å². The first-order valence-corrected chi connectivity index (χ1v) is 15.9. The van der Waals surface area contributed by atoms with Gasteiger partial charge in [-0.25, -0.2) is 4.98 Å². The molecule has 1 aromatic heterocycles. The number of benzene rings is 2. The van der Waals surface area contributed by atoms with Crippen LogP contribution in [0, 0.1) is 6.92 Å². The van der Waals surface area contributed by atoms with E-state index in [1.165, 1.54) is 28.1 Å². The zero-order chi connectivity index (χ0) is 27.7. The molecular weight excluding hydrogens is 488 g/mol. The van der Waals surface area contributed by atoms with E-state index in [2.05, 4.69) is 84.0 Å². The van der Waals surface area contributed by atoms with Crippen LogP contribution in [-0.2, 0) is 13.0 Å². The second-order valence-corrected chi connectivity index (χ2v) is 10.7. The Morgan fingerprint density at radius 1 is 0.974 bits per heavy atom. The van der Waals surface area contributed by atoms with Crippen LogP contribution in [0.4, 0.5) is 5.69 Å². The molecule has 2 aliphatic rings. The van der Waals surface area contributed by atoms with Gasteiger partial charge in [-0.05, 0) is 86.6 Å². The van der Waals surface area contributed by atoms with Crippen molar-refractivity contribution in [3.05, 3.63) is 59.7 Å². The number of thioether (sulfide) groups is 1. The Morgan fingerprint density at radius 3 is 2.29 bits per heavy atom. The van der Waals surface area contributed by atoms with E-state index < -0.39 is 0 Å². The summed E-state index contributed by atoms with van der Waals surface area (Å²) in [5.74, 6) is 3.11. The number of imidazole rings is 1. The van der Waals surface area contributed by atoms with E-state index >= 15 is 0 Å². The van der Waals surface area contributed by atoms with Crippen molar-refractivity contribution in [3.63, 3.8) is 0 Å². The van der Waals surface area contributed by atoms with Crippen molar-refractivity contribution in [1.29, 1.82) is 0 Å². The van der Waals surface area contributed by atoms with Crippen molar-refractivity contribution in [2.45, 2.75) is 74.0 Å². The monoisotopic (exact) mass is 536 g/mol. The van der Waals surface area contributed by atoms with Gasteiger partial charge in [0.25, 0.3) is 0 Å². The molecule has 208 valence electrons. The third kappa shape index (κ3) is 6.95. The van der Waals surface area contributed by atoms with Crippen LogP contribution in [0.15, 0.2) is 42.6 Å². The Labute approximate surface area is 235 Å². The summed E-state index contributed by atoms with van der Waals surface area (Å²) in [4.78, 5) is 9.88. The number of hydrogen-bond acceptors (Lipinski definition) is 5. The van der Waals surface area contributed by atoms with Gasteiger partial charge in [-0.2, -0.15) is 11.8 Å². The number of aromatic nitrogens is 2. The fourth-order valence-corrected chi connectivity index (χ4v) is 5.51. The molecule has 0 aliphatic carbocycles. The molecule has 3 aromatic rings. The lowest BCUT2D eigenvalue weighted by molar-refractivity contribution is 0.209. The number of piperazine rings is 1. The van der Waals surface area contributed by atoms with Gasteiger partial charge in [0.15, 0.2) is 5.82 Å². The van der Waals surface area contributed by atoms with Crippen LogP contribution >= 0.6 is 11.8 Å². The zero-order valence-electron chi connectivity index (χ0n) is 24.9. The Balaban J connectivity index is 0.000000956. The number of ether oxygens (including phenoxy) is 1. The molecule has 0 spiro atoms. The zero-order valence-corrected chi connectivity index (χ0v) is 25.7. The molecule has 0 unspecified atom stereocenters. The quantitative estimate of drug-likeness (QED) is 0.290. The van der Waals surface area contributed by atoms with Crippen molar-refractivity contribution < 1.29 is 4.74 Å². The first-order chi connectivity index (χ1) is 18.5. The predicted octanol–water partition coefficient (Wildman–Crippen LogP) is 7.62. The average Bonchev–Trinajstić information content (AvgIpc) is 3.39. The number of rotatable bonds is 7. The predicted molar refractivity (Wildman–Crippen MR) is 166 cm³/mol. The molecule has 1 saturated heterocycles. The normalized spacial score (nSPS) is 14.5. The Kier molecular flexibility index (Phi) is 11.6. The maximum absolute atomic E-state index is 6.15. The van der Waals surface area contributed by atoms with Crippen LogP contribution < -0.4 is 9.64 Å². The van der Waals surface area contributed by atoms with E-state index in [0.29, 0.717) is 12.6 Å². The van der Waals surface area contributed by atoms with Gasteiger partial charge in [0, 0.05) is 44.1 Å². The summed E-state index contributed by atoms with van der Waals surface area (Å²) in [6, 6.07) is 14.1. The minimum atomic E-state index is 0.527. The number of hydrogen-bond donors (Lipinski definition) is 0. The van der Waals surface area contributed by atoms with Crippen LogP contribution in [0.1, 0.15) is 65.0 Å². The number of anilines is 1. The highest BCUT2D eigenvalue weighted by molar-refractivity contribution is 7.98. The van der Waals surface area contributed by atoms with Crippen molar-refractivity contribution in [3.8, 4) is 22.6 Å². The number of nitrogens with zero attached hydrogens (tertiary/aromatic N) is 4. The summed E-state index contributed by atoms with van der Waals surface area (Å²) in [6.45, 7) is 19.7. The molecule has 1 fully saturated rings. The molecule has 0 N–H and O–H groups in total. The SMILES string of the molecule is CC.CC.CSCCCc1cn2c(n1)COc1cc(-c3ccc(N4CCN(C(C)C)CC4)cc3)c(C)cc1-2. The standard InChI is InChI=1S/C28H36N4OS.2C2H6/c1-20(2)30-11-13-31(14-12-30)24-9-7-22(8-10-24)25-17-27-26(16-21(25)3)32-18-23(6-5-15-34-4)29-28(32)19-33-27;2*1-2/h7-10,16-18,20H,5-6,11-15,19H2,1-4H3;2*1-2H3. The molecule has 5 nitrogen and oxygen atoms in total. The summed E-state index contributed by atoms with van der Waals surface area (Å²) < 4.78 is 8.38. The average molecular weight is 537 g/mol. The summed E-state index contributed by atoms with van der Waals surface area (Å²) in [7, 11) is 0. The van der Waals surface area contributed by atoms with E-state index in [4.69, 9.17) is 9.72 Å². The topological polar surface area (TPSA) is 33.5 Å². The van der Waals surface area contributed by atoms with E-state index in [1.54, 1.807) is 0 Å². The lowest BCUT2D eigenvalue weighted by Crippen LogP contribution is -2.48. The Hall–Kier alpha value is -2.44. The van der Waals surface area contributed by atoms with Crippen molar-refractivity contribution in [2.24, 2.45) is 0 Å². The summed E-state index contributed by atoms with van der Waals surface area (Å²) in [6.07, 6.45) is 6.53. The fraction of sp³-hybridized carbons (Fsp3) is 0.531. The van der Waals surface area contributed by atoms with Crippen molar-refractivity contribution in [1.82, 2.24) is 14.5 Å². The fourth-order valence-electron chi connectivity index (χ4n) is 5.08. The molecule has 0 atom stereocenters. The maximum Gasteiger partial charge on any atom is 0.151 e. The molecule has 0 radical (unpaired) electrons. The van der Waals surface area contributed by atoms with Crippen molar-refractivity contribution >= 4 is 17.4 Å². The summed E-state index contributed by atoms with van der Waals surface area (Å²) in [5.41, 5.74) is 7.31.